The van der Waals surface area contributed by atoms with Gasteiger partial charge in [-0.25, -0.2) is 0 Å². The Kier molecular flexibility index (Phi) is 4.78. The highest BCUT2D eigenvalue weighted by Crippen LogP contribution is 2.14. The van der Waals surface area contributed by atoms with Crippen LogP contribution < -0.4 is 5.32 Å². The molecule has 0 spiro atoms. The average Bonchev–Trinajstić information content (AvgIpc) is 2.65. The smallest absolute Gasteiger partial charge is 0.110 e. The molecule has 0 amide bonds. The van der Waals surface area contributed by atoms with Crippen molar-refractivity contribution >= 4 is 11.3 Å². The average molecular weight is 204 g/mol. The molecular weight excluding hydrogens is 192 g/mol. The van der Waals surface area contributed by atoms with Crippen molar-refractivity contribution in [3.63, 3.8) is 0 Å². The summed E-state index contributed by atoms with van der Waals surface area (Å²) in [5.41, 5.74) is 0. The van der Waals surface area contributed by atoms with Crippen LogP contribution in [0.2, 0.25) is 0 Å². The van der Waals surface area contributed by atoms with Gasteiger partial charge in [-0.2, -0.15) is 5.26 Å². The van der Waals surface area contributed by atoms with Gasteiger partial charge in [-0.15, -0.1) is 23.7 Å². The summed E-state index contributed by atoms with van der Waals surface area (Å²) in [5, 5.41) is 11.9. The van der Waals surface area contributed by atoms with Crippen LogP contribution in [0.4, 0.5) is 0 Å². The predicted octanol–water partition coefficient (Wildman–Crippen LogP) is 2.12. The number of hydrogen-bond acceptors (Lipinski definition) is 3. The van der Waals surface area contributed by atoms with Gasteiger partial charge in [-0.1, -0.05) is 0 Å². The highest BCUT2D eigenvalue weighted by Gasteiger charge is 1.97. The van der Waals surface area contributed by atoms with Crippen molar-refractivity contribution in [2.45, 2.75) is 19.4 Å². The number of thiophene rings is 1. The zero-order valence-electron chi connectivity index (χ0n) is 7.92. The first-order valence-electron chi connectivity index (χ1n) is 4.50. The molecule has 1 aromatic rings. The Bertz CT molecular complexity index is 354. The van der Waals surface area contributed by atoms with E-state index in [0.29, 0.717) is 0 Å². The van der Waals surface area contributed by atoms with Gasteiger partial charge in [-0.3, -0.25) is 0 Å². The maximum atomic E-state index is 8.61. The molecule has 0 fully saturated rings. The Morgan fingerprint density at radius 2 is 2.36 bits per heavy atom. The Hall–Kier alpha value is -1.29. The van der Waals surface area contributed by atoms with Crippen LogP contribution in [0.25, 0.3) is 0 Å². The number of unbranched alkanes of at least 4 members (excludes halogenated alkanes) is 1. The van der Waals surface area contributed by atoms with Gasteiger partial charge in [0.25, 0.3) is 0 Å². The fourth-order valence-corrected chi connectivity index (χ4v) is 1.83. The van der Waals surface area contributed by atoms with E-state index < -0.39 is 0 Å². The largest absolute Gasteiger partial charge is 0.312 e. The zero-order valence-corrected chi connectivity index (χ0v) is 8.73. The molecule has 0 atom stereocenters. The number of nitrogens with one attached hydrogen (secondary N) is 1. The number of terminal acetylenes is 1. The van der Waals surface area contributed by atoms with E-state index >= 15 is 0 Å². The number of rotatable bonds is 5. The summed E-state index contributed by atoms with van der Waals surface area (Å²) in [5.74, 6) is 2.60. The van der Waals surface area contributed by atoms with Crippen LogP contribution in [0.15, 0.2) is 12.1 Å². The molecule has 0 unspecified atom stereocenters. The summed E-state index contributed by atoms with van der Waals surface area (Å²) in [6, 6.07) is 5.96. The molecule has 0 aromatic carbocycles. The highest BCUT2D eigenvalue weighted by molar-refractivity contribution is 7.12. The predicted molar refractivity (Wildman–Crippen MR) is 58.8 cm³/mol. The van der Waals surface area contributed by atoms with Crippen molar-refractivity contribution < 1.29 is 0 Å². The van der Waals surface area contributed by atoms with Crippen LogP contribution in [0.3, 0.4) is 0 Å². The van der Waals surface area contributed by atoms with E-state index in [1.807, 2.05) is 12.1 Å². The first-order valence-corrected chi connectivity index (χ1v) is 5.31. The molecule has 1 heterocycles. The van der Waals surface area contributed by atoms with Crippen LogP contribution in [0.5, 0.6) is 0 Å². The number of nitriles is 1. The molecule has 0 radical (unpaired) electrons. The van der Waals surface area contributed by atoms with Crippen molar-refractivity contribution in [3.05, 3.63) is 21.9 Å². The van der Waals surface area contributed by atoms with Crippen molar-refractivity contribution in [2.24, 2.45) is 0 Å². The standard InChI is InChI=1S/C11H12N2S/c1-2-3-4-7-13-9-11-6-5-10(8-12)14-11/h1,5-6,13H,3-4,7,9H2. The van der Waals surface area contributed by atoms with Crippen LogP contribution in [0, 0.1) is 23.7 Å². The molecule has 14 heavy (non-hydrogen) atoms. The molecular formula is C11H12N2S. The fraction of sp³-hybridized carbons (Fsp3) is 0.364. The van der Waals surface area contributed by atoms with Gasteiger partial charge >= 0.3 is 0 Å². The SMILES string of the molecule is C#CCCCNCc1ccc(C#N)s1. The van der Waals surface area contributed by atoms with E-state index in [2.05, 4.69) is 17.3 Å². The van der Waals surface area contributed by atoms with E-state index in [1.165, 1.54) is 16.2 Å². The Balaban J connectivity index is 2.19. The minimum atomic E-state index is 0.769. The fourth-order valence-electron chi connectivity index (χ4n) is 1.06. The lowest BCUT2D eigenvalue weighted by Crippen LogP contribution is -2.13. The summed E-state index contributed by atoms with van der Waals surface area (Å²) in [6.07, 6.45) is 6.96. The first-order chi connectivity index (χ1) is 6.86. The van der Waals surface area contributed by atoms with Crippen LogP contribution in [0.1, 0.15) is 22.6 Å². The maximum absolute atomic E-state index is 8.61. The van der Waals surface area contributed by atoms with Gasteiger partial charge in [0.15, 0.2) is 0 Å². The van der Waals surface area contributed by atoms with Gasteiger partial charge in [0.2, 0.25) is 0 Å². The van der Waals surface area contributed by atoms with Crippen molar-refractivity contribution in [3.8, 4) is 18.4 Å². The van der Waals surface area contributed by atoms with E-state index in [0.717, 1.165) is 30.8 Å². The molecule has 0 saturated carbocycles. The molecule has 0 saturated heterocycles. The normalized spacial score (nSPS) is 9.29. The monoisotopic (exact) mass is 204 g/mol. The first kappa shape index (κ1) is 10.8. The zero-order chi connectivity index (χ0) is 10.2. The molecule has 2 nitrogen and oxygen atoms in total. The molecule has 0 bridgehead atoms. The van der Waals surface area contributed by atoms with E-state index in [-0.39, 0.29) is 0 Å². The van der Waals surface area contributed by atoms with E-state index in [4.69, 9.17) is 11.7 Å². The van der Waals surface area contributed by atoms with Gasteiger partial charge in [0.05, 0.1) is 0 Å². The molecule has 1 N–H and O–H groups in total. The van der Waals surface area contributed by atoms with Crippen molar-refractivity contribution in [2.75, 3.05) is 6.54 Å². The molecule has 1 rings (SSSR count). The lowest BCUT2D eigenvalue weighted by atomic mass is 10.3. The third-order valence-corrected chi connectivity index (χ3v) is 2.74. The van der Waals surface area contributed by atoms with Crippen molar-refractivity contribution in [1.82, 2.24) is 5.32 Å². The van der Waals surface area contributed by atoms with Crippen molar-refractivity contribution in [1.29, 1.82) is 5.26 Å². The van der Waals surface area contributed by atoms with Crippen LogP contribution >= 0.6 is 11.3 Å². The Morgan fingerprint density at radius 3 is 3.00 bits per heavy atom. The lowest BCUT2D eigenvalue weighted by Gasteiger charge is -1.99. The van der Waals surface area contributed by atoms with Crippen LogP contribution in [-0.2, 0) is 6.54 Å². The number of hydrogen-bond donors (Lipinski definition) is 1. The molecule has 72 valence electrons. The quantitative estimate of drug-likeness (QED) is 0.589. The molecule has 1 aromatic heterocycles. The molecule has 0 aliphatic rings. The number of nitrogens with zero attached hydrogens (tertiary/aromatic N) is 1. The van der Waals surface area contributed by atoms with Gasteiger partial charge in [0, 0.05) is 17.8 Å². The molecule has 3 heteroatoms. The second kappa shape index (κ2) is 6.21. The van der Waals surface area contributed by atoms with Crippen LogP contribution in [-0.4, -0.2) is 6.54 Å². The summed E-state index contributed by atoms with van der Waals surface area (Å²) < 4.78 is 0. The second-order valence-electron chi connectivity index (χ2n) is 2.86. The van der Waals surface area contributed by atoms with Gasteiger partial charge < -0.3 is 5.32 Å². The minimum Gasteiger partial charge on any atom is -0.312 e. The molecule has 0 aliphatic carbocycles. The third-order valence-electron chi connectivity index (χ3n) is 1.75. The Labute approximate surface area is 88.6 Å². The third kappa shape index (κ3) is 3.62. The van der Waals surface area contributed by atoms with Gasteiger partial charge in [0.1, 0.15) is 10.9 Å². The minimum absolute atomic E-state index is 0.769. The highest BCUT2D eigenvalue weighted by atomic mass is 32.1. The van der Waals surface area contributed by atoms with Gasteiger partial charge in [-0.05, 0) is 25.1 Å². The van der Waals surface area contributed by atoms with E-state index in [1.54, 1.807) is 0 Å². The summed E-state index contributed by atoms with van der Waals surface area (Å²) in [4.78, 5) is 1.97. The van der Waals surface area contributed by atoms with E-state index in [9.17, 15) is 0 Å². The lowest BCUT2D eigenvalue weighted by molar-refractivity contribution is 0.664. The Morgan fingerprint density at radius 1 is 1.50 bits per heavy atom. The summed E-state index contributed by atoms with van der Waals surface area (Å²) in [7, 11) is 0. The molecule has 0 aliphatic heterocycles. The topological polar surface area (TPSA) is 35.8 Å². The summed E-state index contributed by atoms with van der Waals surface area (Å²) >= 11 is 1.53. The maximum Gasteiger partial charge on any atom is 0.110 e. The summed E-state index contributed by atoms with van der Waals surface area (Å²) in [6.45, 7) is 1.76. The second-order valence-corrected chi connectivity index (χ2v) is 4.03.